The maximum absolute atomic E-state index is 9.49. The Balaban J connectivity index is 2.80. The van der Waals surface area contributed by atoms with Crippen molar-refractivity contribution in [3.63, 3.8) is 0 Å². The summed E-state index contributed by atoms with van der Waals surface area (Å²) in [5, 5.41) is 0. The van der Waals surface area contributed by atoms with E-state index in [2.05, 4.69) is 0 Å². The van der Waals surface area contributed by atoms with Gasteiger partial charge in [0.05, 0.1) is 0 Å². The van der Waals surface area contributed by atoms with Gasteiger partial charge in [0, 0.05) is 0 Å². The van der Waals surface area contributed by atoms with Crippen molar-refractivity contribution in [2.45, 2.75) is 0 Å². The van der Waals surface area contributed by atoms with E-state index in [0.29, 0.717) is 0 Å². The predicted molar refractivity (Wildman–Crippen MR) is 5.40 cm³/mol. The van der Waals surface area contributed by atoms with Gasteiger partial charge in [-0.1, -0.05) is 0 Å². The van der Waals surface area contributed by atoms with Crippen molar-refractivity contribution in [3.05, 3.63) is 0 Å². The maximum atomic E-state index is 9.49. The summed E-state index contributed by atoms with van der Waals surface area (Å²) in [5.74, 6) is 0. The molecule has 0 aromatic carbocycles. The average molecular weight is 400 g/mol. The molecule has 0 bridgehead atoms. The number of rotatable bonds is 0. The Labute approximate surface area is 46.0 Å². The van der Waals surface area contributed by atoms with Crippen LogP contribution in [0.4, 0.5) is 4.79 Å². The van der Waals surface area contributed by atoms with Crippen molar-refractivity contribution in [1.29, 1.82) is 0 Å². The third kappa shape index (κ3) is 12.0. The van der Waals surface area contributed by atoms with Crippen LogP contribution in [0.1, 0.15) is 0 Å². The summed E-state index contributed by atoms with van der Waals surface area (Å²) in [6.07, 6.45) is 0. The Morgan fingerprint density at radius 2 is 1.50 bits per heavy atom. The van der Waals surface area contributed by atoms with Crippen LogP contribution in [0.3, 0.4) is 0 Å². The Morgan fingerprint density at radius 1 is 1.50 bits per heavy atom. The van der Waals surface area contributed by atoms with E-state index in [4.69, 9.17) is 0 Å². The molecule has 0 aromatic heterocycles. The van der Waals surface area contributed by atoms with Crippen molar-refractivity contribution < 1.29 is 43.2 Å². The van der Waals surface area contributed by atoms with E-state index in [0.717, 1.165) is 0 Å². The van der Waals surface area contributed by atoms with E-state index in [9.17, 15) is 4.79 Å². The summed E-state index contributed by atoms with van der Waals surface area (Å²) in [4.78, 5) is 9.49. The van der Waals surface area contributed by atoms with E-state index < -0.39 is 0 Å². The van der Waals surface area contributed by atoms with Crippen LogP contribution in [0, 0.1) is 0 Å². The van der Waals surface area contributed by atoms with Crippen molar-refractivity contribution in [2.75, 3.05) is 0 Å². The first-order valence-corrected chi connectivity index (χ1v) is 3.30. The topological polar surface area (TPSA) is 17.1 Å². The van der Waals surface area contributed by atoms with Crippen LogP contribution in [0.5, 0.6) is 0 Å². The minimum atomic E-state index is 0.278. The van der Waals surface area contributed by atoms with Gasteiger partial charge in [-0.2, -0.15) is 0 Å². The second-order valence-corrected chi connectivity index (χ2v) is 6.05. The molecule has 0 unspecified atom stereocenters. The Bertz CT molecular complexity index is 29.0. The van der Waals surface area contributed by atoms with E-state index in [1.165, 1.54) is 38.4 Å². The molecule has 0 amide bonds. The zero-order chi connectivity index (χ0) is 3.58. The molecular formula is CORe2. The zero-order valence-corrected chi connectivity index (χ0v) is 7.10. The molecule has 0 N–H and O–H groups in total. The van der Waals surface area contributed by atoms with E-state index >= 15 is 0 Å². The number of carbonyl (C=O) groups excluding carboxylic acids is 1. The van der Waals surface area contributed by atoms with Gasteiger partial charge in [-0.3, -0.25) is 0 Å². The SMILES string of the molecule is O=[C]([Re])[Re]. The molecule has 24 valence electrons. The summed E-state index contributed by atoms with van der Waals surface area (Å²) in [6.45, 7) is 0. The van der Waals surface area contributed by atoms with Crippen LogP contribution in [-0.4, -0.2) is 2.73 Å². The molecule has 3 heteroatoms. The molecule has 0 aliphatic carbocycles. The quantitative estimate of drug-likeness (QED) is 0.568. The van der Waals surface area contributed by atoms with Crippen molar-refractivity contribution >= 4 is 2.73 Å². The molecule has 0 aliphatic rings. The van der Waals surface area contributed by atoms with Crippen LogP contribution in [0.15, 0.2) is 0 Å². The minimum absolute atomic E-state index is 0.278. The van der Waals surface area contributed by atoms with Gasteiger partial charge in [0.15, 0.2) is 0 Å². The van der Waals surface area contributed by atoms with Crippen LogP contribution >= 0.6 is 0 Å². The standard InChI is InChI=1S/CO.2Re/c1-2;;. The van der Waals surface area contributed by atoms with Gasteiger partial charge < -0.3 is 0 Å². The first-order valence-electron chi connectivity index (χ1n) is 0.582. The summed E-state index contributed by atoms with van der Waals surface area (Å²) in [7, 11) is 0. The molecule has 0 radical (unpaired) electrons. The molecular weight excluding hydrogens is 400 g/mol. The fourth-order valence-corrected chi connectivity index (χ4v) is 0. The average Bonchev–Trinajstić information content (AvgIpc) is 0.811. The molecule has 0 saturated carbocycles. The molecule has 0 spiro atoms. The van der Waals surface area contributed by atoms with Crippen molar-refractivity contribution in [3.8, 4) is 0 Å². The molecule has 0 aromatic rings. The number of hydrogen-bond acceptors (Lipinski definition) is 1. The summed E-state index contributed by atoms with van der Waals surface area (Å²) < 4.78 is 0.278. The summed E-state index contributed by atoms with van der Waals surface area (Å²) in [5.41, 5.74) is 0. The molecule has 0 saturated heterocycles. The number of carbonyl (C=O) groups is 1. The van der Waals surface area contributed by atoms with Gasteiger partial charge in [-0.05, 0) is 0 Å². The Hall–Kier alpha value is 0.995. The van der Waals surface area contributed by atoms with E-state index in [1.54, 1.807) is 0 Å². The normalized spacial score (nSPS) is 6.50. The van der Waals surface area contributed by atoms with Gasteiger partial charge in [0.1, 0.15) is 0 Å². The Morgan fingerprint density at radius 3 is 1.50 bits per heavy atom. The molecule has 0 fully saturated rings. The van der Waals surface area contributed by atoms with Crippen LogP contribution in [0.25, 0.3) is 0 Å². The third-order valence-corrected chi connectivity index (χ3v) is 0. The first-order chi connectivity index (χ1) is 1.73. The van der Waals surface area contributed by atoms with E-state index in [-0.39, 0.29) is 2.73 Å². The molecule has 0 atom stereocenters. The fourth-order valence-electron chi connectivity index (χ4n) is 0. The van der Waals surface area contributed by atoms with Gasteiger partial charge in [-0.25, -0.2) is 0 Å². The molecule has 4 heavy (non-hydrogen) atoms. The van der Waals surface area contributed by atoms with Gasteiger partial charge >= 0.3 is 45.9 Å². The summed E-state index contributed by atoms with van der Waals surface area (Å²) >= 11 is 2.45. The number of hydrogen-bond donors (Lipinski definition) is 0. The molecule has 1 nitrogen and oxygen atoms in total. The Kier molecular flexibility index (Phi) is 2.80. The molecule has 0 heterocycles. The third-order valence-electron chi connectivity index (χ3n) is 0. The van der Waals surface area contributed by atoms with Gasteiger partial charge in [0.25, 0.3) is 0 Å². The first kappa shape index (κ1) is 4.99. The zero-order valence-electron chi connectivity index (χ0n) is 1.66. The van der Waals surface area contributed by atoms with Gasteiger partial charge in [-0.15, -0.1) is 0 Å². The van der Waals surface area contributed by atoms with E-state index in [1.807, 2.05) is 0 Å². The van der Waals surface area contributed by atoms with Crippen LogP contribution in [-0.2, 0) is 38.4 Å². The van der Waals surface area contributed by atoms with Gasteiger partial charge in [0.2, 0.25) is 0 Å². The fraction of sp³-hybridized carbons (Fsp3) is 0. The van der Waals surface area contributed by atoms with Crippen molar-refractivity contribution in [1.82, 2.24) is 0 Å². The van der Waals surface area contributed by atoms with Crippen molar-refractivity contribution in [2.24, 2.45) is 0 Å². The summed E-state index contributed by atoms with van der Waals surface area (Å²) in [6, 6.07) is 0. The predicted octanol–water partition coefficient (Wildman–Crippen LogP) is 0.200. The molecule has 0 aliphatic heterocycles. The molecule has 0 rings (SSSR count). The second-order valence-electron chi connectivity index (χ2n) is 0.226. The monoisotopic (exact) mass is 402 g/mol. The second kappa shape index (κ2) is 2.25. The van der Waals surface area contributed by atoms with Crippen LogP contribution in [0.2, 0.25) is 0 Å². The van der Waals surface area contributed by atoms with Crippen LogP contribution < -0.4 is 0 Å².